The number of rotatable bonds is 3. The number of carbonyl (C=O) groups is 2. The predicted molar refractivity (Wildman–Crippen MR) is 101 cm³/mol. The Morgan fingerprint density at radius 1 is 1.15 bits per heavy atom. The molecule has 2 aromatic rings. The van der Waals surface area contributed by atoms with E-state index in [-0.39, 0.29) is 18.4 Å². The van der Waals surface area contributed by atoms with Crippen molar-refractivity contribution in [2.75, 3.05) is 29.5 Å². The van der Waals surface area contributed by atoms with Crippen molar-refractivity contribution in [3.8, 4) is 5.75 Å². The van der Waals surface area contributed by atoms with Gasteiger partial charge >= 0.3 is 0 Å². The number of fused-ring (bicyclic) bond motifs is 2. The third kappa shape index (κ3) is 3.05. The third-order valence-electron chi connectivity index (χ3n) is 5.01. The lowest BCUT2D eigenvalue weighted by Crippen LogP contribution is -2.42. The van der Waals surface area contributed by atoms with Gasteiger partial charge in [-0.3, -0.25) is 9.59 Å². The Morgan fingerprint density at radius 3 is 2.88 bits per heavy atom. The maximum atomic E-state index is 12.9. The maximum absolute atomic E-state index is 12.9. The summed E-state index contributed by atoms with van der Waals surface area (Å²) < 4.78 is 5.46. The van der Waals surface area contributed by atoms with Crippen molar-refractivity contribution in [3.63, 3.8) is 0 Å². The molecule has 5 nitrogen and oxygen atoms in total. The second kappa shape index (κ2) is 6.83. The molecule has 0 saturated heterocycles. The van der Waals surface area contributed by atoms with Gasteiger partial charge in [-0.2, -0.15) is 0 Å². The summed E-state index contributed by atoms with van der Waals surface area (Å²) >= 11 is 0. The minimum absolute atomic E-state index is 0.0248. The first-order valence-electron chi connectivity index (χ1n) is 9.05. The van der Waals surface area contributed by atoms with Gasteiger partial charge in [-0.1, -0.05) is 29.8 Å². The van der Waals surface area contributed by atoms with E-state index >= 15 is 0 Å². The standard InChI is InChI=1S/C21H22N2O3/c1-15-8-9-17-16(13-15)5-4-11-22(17)20(24)10-12-23-18-6-2-3-7-19(18)26-14-21(23)25/h2-3,6-9,13H,4-5,10-12,14H2,1H3. The van der Waals surface area contributed by atoms with Crippen LogP contribution < -0.4 is 14.5 Å². The van der Waals surface area contributed by atoms with Crippen LogP contribution in [0.3, 0.4) is 0 Å². The summed E-state index contributed by atoms with van der Waals surface area (Å²) in [6.45, 7) is 3.21. The molecule has 0 spiro atoms. The van der Waals surface area contributed by atoms with E-state index < -0.39 is 0 Å². The van der Waals surface area contributed by atoms with Gasteiger partial charge in [0.15, 0.2) is 6.61 Å². The molecule has 2 aliphatic heterocycles. The highest BCUT2D eigenvalue weighted by molar-refractivity contribution is 6.00. The van der Waals surface area contributed by atoms with Crippen molar-refractivity contribution >= 4 is 23.2 Å². The molecule has 0 saturated carbocycles. The number of anilines is 2. The zero-order chi connectivity index (χ0) is 18.1. The molecule has 2 amide bonds. The average Bonchev–Trinajstić information content (AvgIpc) is 2.66. The number of hydrogen-bond acceptors (Lipinski definition) is 3. The Morgan fingerprint density at radius 2 is 2.00 bits per heavy atom. The first kappa shape index (κ1) is 16.6. The normalized spacial score (nSPS) is 16.0. The Kier molecular flexibility index (Phi) is 4.37. The van der Waals surface area contributed by atoms with E-state index in [1.807, 2.05) is 41.3 Å². The summed E-state index contributed by atoms with van der Waals surface area (Å²) in [6.07, 6.45) is 2.28. The van der Waals surface area contributed by atoms with Crippen LogP contribution in [0, 0.1) is 6.92 Å². The minimum Gasteiger partial charge on any atom is -0.482 e. The van der Waals surface area contributed by atoms with E-state index in [0.717, 1.165) is 30.8 Å². The molecule has 0 atom stereocenters. The van der Waals surface area contributed by atoms with Gasteiger partial charge in [0.25, 0.3) is 5.91 Å². The van der Waals surface area contributed by atoms with Crippen LogP contribution >= 0.6 is 0 Å². The lowest BCUT2D eigenvalue weighted by molar-refractivity contribution is -0.121. The highest BCUT2D eigenvalue weighted by atomic mass is 16.5. The summed E-state index contributed by atoms with van der Waals surface area (Å²) in [5, 5.41) is 0. The molecule has 0 fully saturated rings. The fourth-order valence-corrected chi connectivity index (χ4v) is 3.73. The number of hydrogen-bond donors (Lipinski definition) is 0. The molecule has 0 unspecified atom stereocenters. The van der Waals surface area contributed by atoms with Crippen LogP contribution in [0.4, 0.5) is 11.4 Å². The van der Waals surface area contributed by atoms with Crippen LogP contribution in [0.5, 0.6) is 5.75 Å². The lowest BCUT2D eigenvalue weighted by atomic mass is 9.99. The fourth-order valence-electron chi connectivity index (χ4n) is 3.73. The zero-order valence-corrected chi connectivity index (χ0v) is 14.9. The number of ether oxygens (including phenoxy) is 1. The molecule has 4 rings (SSSR count). The molecular formula is C21H22N2O3. The molecule has 0 N–H and O–H groups in total. The van der Waals surface area contributed by atoms with Gasteiger partial charge in [0.1, 0.15) is 5.75 Å². The second-order valence-corrected chi connectivity index (χ2v) is 6.83. The first-order valence-corrected chi connectivity index (χ1v) is 9.05. The van der Waals surface area contributed by atoms with Crippen LogP contribution in [0.1, 0.15) is 24.0 Å². The molecule has 2 aliphatic rings. The Labute approximate surface area is 153 Å². The number of amides is 2. The van der Waals surface area contributed by atoms with Crippen molar-refractivity contribution in [1.82, 2.24) is 0 Å². The van der Waals surface area contributed by atoms with Crippen molar-refractivity contribution in [3.05, 3.63) is 53.6 Å². The average molecular weight is 350 g/mol. The molecule has 2 heterocycles. The highest BCUT2D eigenvalue weighted by Crippen LogP contribution is 2.32. The van der Waals surface area contributed by atoms with Gasteiger partial charge in [-0.25, -0.2) is 0 Å². The van der Waals surface area contributed by atoms with E-state index in [1.165, 1.54) is 11.1 Å². The third-order valence-corrected chi connectivity index (χ3v) is 5.01. The quantitative estimate of drug-likeness (QED) is 0.855. The van der Waals surface area contributed by atoms with Crippen LogP contribution in [0.25, 0.3) is 0 Å². The van der Waals surface area contributed by atoms with Crippen molar-refractivity contribution in [2.45, 2.75) is 26.2 Å². The second-order valence-electron chi connectivity index (χ2n) is 6.83. The Balaban J connectivity index is 1.49. The number of para-hydroxylation sites is 2. The van der Waals surface area contributed by atoms with Crippen LogP contribution in [0.2, 0.25) is 0 Å². The molecule has 0 radical (unpaired) electrons. The van der Waals surface area contributed by atoms with Crippen molar-refractivity contribution < 1.29 is 14.3 Å². The number of nitrogens with zero attached hydrogens (tertiary/aromatic N) is 2. The van der Waals surface area contributed by atoms with Gasteiger partial charge in [0.05, 0.1) is 5.69 Å². The molecule has 5 heteroatoms. The van der Waals surface area contributed by atoms with Crippen molar-refractivity contribution in [2.24, 2.45) is 0 Å². The molecule has 0 bridgehead atoms. The number of carbonyl (C=O) groups excluding carboxylic acids is 2. The molecule has 134 valence electrons. The summed E-state index contributed by atoms with van der Waals surface area (Å²) in [5.41, 5.74) is 4.21. The first-order chi connectivity index (χ1) is 12.6. The summed E-state index contributed by atoms with van der Waals surface area (Å²) in [7, 11) is 0. The van der Waals surface area contributed by atoms with E-state index in [1.54, 1.807) is 4.90 Å². The summed E-state index contributed by atoms with van der Waals surface area (Å²) in [4.78, 5) is 28.7. The Hall–Kier alpha value is -2.82. The predicted octanol–water partition coefficient (Wildman–Crippen LogP) is 3.09. The van der Waals surface area contributed by atoms with Gasteiger partial charge in [-0.15, -0.1) is 0 Å². The smallest absolute Gasteiger partial charge is 0.265 e. The summed E-state index contributed by atoms with van der Waals surface area (Å²) in [6, 6.07) is 13.7. The van der Waals surface area contributed by atoms with Crippen molar-refractivity contribution in [1.29, 1.82) is 0 Å². The molecule has 0 aliphatic carbocycles. The number of aryl methyl sites for hydroxylation is 2. The molecule has 2 aromatic carbocycles. The van der Waals surface area contributed by atoms with E-state index in [2.05, 4.69) is 13.0 Å². The maximum Gasteiger partial charge on any atom is 0.265 e. The van der Waals surface area contributed by atoms with E-state index in [9.17, 15) is 9.59 Å². The van der Waals surface area contributed by atoms with Gasteiger partial charge in [0.2, 0.25) is 5.91 Å². The van der Waals surface area contributed by atoms with E-state index in [4.69, 9.17) is 4.74 Å². The lowest BCUT2D eigenvalue weighted by Gasteiger charge is -2.32. The van der Waals surface area contributed by atoms with E-state index in [0.29, 0.717) is 18.7 Å². The largest absolute Gasteiger partial charge is 0.482 e. The van der Waals surface area contributed by atoms with Gasteiger partial charge < -0.3 is 14.5 Å². The molecular weight excluding hydrogens is 328 g/mol. The monoisotopic (exact) mass is 350 g/mol. The number of benzene rings is 2. The summed E-state index contributed by atoms with van der Waals surface area (Å²) in [5.74, 6) is 0.649. The van der Waals surface area contributed by atoms with Crippen LogP contribution in [-0.4, -0.2) is 31.5 Å². The fraction of sp³-hybridized carbons (Fsp3) is 0.333. The molecule has 0 aromatic heterocycles. The topological polar surface area (TPSA) is 49.9 Å². The Bertz CT molecular complexity index is 862. The minimum atomic E-state index is -0.105. The SMILES string of the molecule is Cc1ccc2c(c1)CCCN2C(=O)CCN1C(=O)COc2ccccc21. The zero-order valence-electron chi connectivity index (χ0n) is 14.9. The van der Waals surface area contributed by atoms with Crippen LogP contribution in [0.15, 0.2) is 42.5 Å². The van der Waals surface area contributed by atoms with Crippen LogP contribution in [-0.2, 0) is 16.0 Å². The molecule has 26 heavy (non-hydrogen) atoms. The van der Waals surface area contributed by atoms with Gasteiger partial charge in [0, 0.05) is 25.2 Å². The van der Waals surface area contributed by atoms with Gasteiger partial charge in [-0.05, 0) is 43.5 Å². The highest BCUT2D eigenvalue weighted by Gasteiger charge is 2.27.